The number of ether oxygens (including phenoxy) is 1. The largest absolute Gasteiger partial charge is 0.483 e. The minimum Gasteiger partial charge on any atom is -0.483 e. The third-order valence-electron chi connectivity index (χ3n) is 2.95. The summed E-state index contributed by atoms with van der Waals surface area (Å²) in [6, 6.07) is 17.6. The molecular weight excluding hydrogens is 280 g/mol. The van der Waals surface area contributed by atoms with Gasteiger partial charge in [-0.1, -0.05) is 48.5 Å². The van der Waals surface area contributed by atoms with Crippen LogP contribution in [0.25, 0.3) is 0 Å². The van der Waals surface area contributed by atoms with Gasteiger partial charge in [-0.3, -0.25) is 20.4 Å². The number of hydrogen-bond acceptors (Lipinski definition) is 3. The highest BCUT2D eigenvalue weighted by molar-refractivity contribution is 5.81. The lowest BCUT2D eigenvalue weighted by molar-refractivity contribution is -0.129. The summed E-state index contributed by atoms with van der Waals surface area (Å²) < 4.78 is 5.54. The number of hydrazine groups is 1. The van der Waals surface area contributed by atoms with E-state index in [1.807, 2.05) is 54.6 Å². The number of hydrogen-bond donors (Lipinski definition) is 2. The number of nitrogens with one attached hydrogen (secondary N) is 2. The van der Waals surface area contributed by atoms with E-state index in [9.17, 15) is 9.59 Å². The van der Waals surface area contributed by atoms with Gasteiger partial charge in [0.15, 0.2) is 6.61 Å². The molecule has 0 heterocycles. The molecule has 0 atom stereocenters. The summed E-state index contributed by atoms with van der Waals surface area (Å²) in [5.41, 5.74) is 6.64. The van der Waals surface area contributed by atoms with Gasteiger partial charge in [0.05, 0.1) is 0 Å². The molecule has 2 aromatic rings. The monoisotopic (exact) mass is 298 g/mol. The van der Waals surface area contributed by atoms with Crippen molar-refractivity contribution in [1.82, 2.24) is 10.9 Å². The van der Waals surface area contributed by atoms with Gasteiger partial charge in [-0.2, -0.15) is 0 Å². The van der Waals surface area contributed by atoms with E-state index < -0.39 is 5.91 Å². The summed E-state index contributed by atoms with van der Waals surface area (Å²) in [6.07, 6.45) is 0.727. The summed E-state index contributed by atoms with van der Waals surface area (Å²) in [4.78, 5) is 22.3. The fourth-order valence-corrected chi connectivity index (χ4v) is 1.94. The molecule has 0 saturated heterocycles. The highest BCUT2D eigenvalue weighted by Crippen LogP contribution is 2.21. The second-order valence-corrected chi connectivity index (χ2v) is 4.79. The number of carbonyl (C=O) groups excluding carboxylic acids is 2. The van der Waals surface area contributed by atoms with Crippen LogP contribution in [0.2, 0.25) is 0 Å². The van der Waals surface area contributed by atoms with Gasteiger partial charge >= 0.3 is 0 Å². The quantitative estimate of drug-likeness (QED) is 0.828. The summed E-state index contributed by atoms with van der Waals surface area (Å²) in [6.45, 7) is 1.16. The first-order valence-corrected chi connectivity index (χ1v) is 6.95. The predicted molar refractivity (Wildman–Crippen MR) is 83.1 cm³/mol. The lowest BCUT2D eigenvalue weighted by Gasteiger charge is -2.11. The molecule has 2 N–H and O–H groups in total. The number of carbonyl (C=O) groups is 2. The Balaban J connectivity index is 1.96. The molecule has 2 rings (SSSR count). The third-order valence-corrected chi connectivity index (χ3v) is 2.95. The maximum Gasteiger partial charge on any atom is 0.276 e. The normalized spacial score (nSPS) is 9.86. The van der Waals surface area contributed by atoms with E-state index in [1.165, 1.54) is 12.5 Å². The minimum absolute atomic E-state index is 0.161. The molecule has 0 bridgehead atoms. The van der Waals surface area contributed by atoms with Crippen LogP contribution < -0.4 is 15.6 Å². The average Bonchev–Trinajstić information content (AvgIpc) is 2.53. The van der Waals surface area contributed by atoms with Gasteiger partial charge in [-0.05, 0) is 17.2 Å². The molecule has 0 spiro atoms. The second kappa shape index (κ2) is 7.83. The first-order valence-electron chi connectivity index (χ1n) is 6.95. The molecule has 0 unspecified atom stereocenters. The van der Waals surface area contributed by atoms with E-state index in [-0.39, 0.29) is 12.5 Å². The van der Waals surface area contributed by atoms with E-state index >= 15 is 0 Å². The smallest absolute Gasteiger partial charge is 0.276 e. The maximum absolute atomic E-state index is 11.5. The maximum atomic E-state index is 11.5. The Bertz CT molecular complexity index is 641. The van der Waals surface area contributed by atoms with Crippen LogP contribution in [0.1, 0.15) is 18.1 Å². The molecule has 2 aromatic carbocycles. The Kier molecular flexibility index (Phi) is 5.54. The summed E-state index contributed by atoms with van der Waals surface area (Å²) >= 11 is 0. The van der Waals surface area contributed by atoms with E-state index in [1.54, 1.807) is 0 Å². The van der Waals surface area contributed by atoms with Crippen molar-refractivity contribution in [2.24, 2.45) is 0 Å². The number of amides is 2. The van der Waals surface area contributed by atoms with Crippen LogP contribution in [0.4, 0.5) is 0 Å². The molecule has 0 aliphatic heterocycles. The first-order chi connectivity index (χ1) is 10.6. The Morgan fingerprint density at radius 3 is 2.36 bits per heavy atom. The Hall–Kier alpha value is -2.82. The molecule has 22 heavy (non-hydrogen) atoms. The Labute approximate surface area is 129 Å². The Morgan fingerprint density at radius 2 is 1.64 bits per heavy atom. The molecule has 0 aliphatic rings. The molecular formula is C17H18N2O3. The van der Waals surface area contributed by atoms with Gasteiger partial charge in [0, 0.05) is 13.3 Å². The highest BCUT2D eigenvalue weighted by atomic mass is 16.5. The van der Waals surface area contributed by atoms with Crippen LogP contribution >= 0.6 is 0 Å². The molecule has 114 valence electrons. The van der Waals surface area contributed by atoms with Crippen molar-refractivity contribution in [3.63, 3.8) is 0 Å². The number of rotatable bonds is 5. The third kappa shape index (κ3) is 4.94. The van der Waals surface area contributed by atoms with Crippen molar-refractivity contribution >= 4 is 11.8 Å². The Morgan fingerprint density at radius 1 is 0.955 bits per heavy atom. The van der Waals surface area contributed by atoms with Crippen LogP contribution in [0.5, 0.6) is 5.75 Å². The molecule has 2 amide bonds. The second-order valence-electron chi connectivity index (χ2n) is 4.79. The van der Waals surface area contributed by atoms with E-state index in [4.69, 9.17) is 4.74 Å². The van der Waals surface area contributed by atoms with Crippen molar-refractivity contribution in [2.75, 3.05) is 6.61 Å². The predicted octanol–water partition coefficient (Wildman–Crippen LogP) is 1.82. The van der Waals surface area contributed by atoms with Crippen LogP contribution in [0.3, 0.4) is 0 Å². The van der Waals surface area contributed by atoms with Gasteiger partial charge in [0.1, 0.15) is 5.75 Å². The summed E-state index contributed by atoms with van der Waals surface area (Å²) in [5.74, 6) is -0.0909. The molecule has 5 nitrogen and oxygen atoms in total. The van der Waals surface area contributed by atoms with E-state index in [0.29, 0.717) is 5.75 Å². The zero-order valence-corrected chi connectivity index (χ0v) is 12.3. The fourth-order valence-electron chi connectivity index (χ4n) is 1.94. The SMILES string of the molecule is CC(=O)NNC(=O)COc1ccccc1Cc1ccccc1. The van der Waals surface area contributed by atoms with Gasteiger partial charge in [0.2, 0.25) is 5.91 Å². The molecule has 5 heteroatoms. The van der Waals surface area contributed by atoms with Gasteiger partial charge < -0.3 is 4.74 Å². The van der Waals surface area contributed by atoms with Crippen molar-refractivity contribution in [1.29, 1.82) is 0 Å². The van der Waals surface area contributed by atoms with E-state index in [0.717, 1.165) is 12.0 Å². The molecule has 0 saturated carbocycles. The molecule has 0 aromatic heterocycles. The van der Waals surface area contributed by atoms with Crippen LogP contribution in [0.15, 0.2) is 54.6 Å². The molecule has 0 fully saturated rings. The molecule has 0 radical (unpaired) electrons. The first kappa shape index (κ1) is 15.6. The topological polar surface area (TPSA) is 67.4 Å². The van der Waals surface area contributed by atoms with Crippen LogP contribution in [0, 0.1) is 0 Å². The van der Waals surface area contributed by atoms with Gasteiger partial charge in [0.25, 0.3) is 5.91 Å². The van der Waals surface area contributed by atoms with Gasteiger partial charge in [-0.15, -0.1) is 0 Å². The van der Waals surface area contributed by atoms with E-state index in [2.05, 4.69) is 10.9 Å². The number of benzene rings is 2. The van der Waals surface area contributed by atoms with Gasteiger partial charge in [-0.25, -0.2) is 0 Å². The minimum atomic E-state index is -0.412. The van der Waals surface area contributed by atoms with Crippen LogP contribution in [-0.4, -0.2) is 18.4 Å². The lowest BCUT2D eigenvalue weighted by Crippen LogP contribution is -2.42. The fraction of sp³-hybridized carbons (Fsp3) is 0.176. The summed E-state index contributed by atoms with van der Waals surface area (Å²) in [7, 11) is 0. The van der Waals surface area contributed by atoms with Crippen molar-refractivity contribution in [3.8, 4) is 5.75 Å². The van der Waals surface area contributed by atoms with Crippen molar-refractivity contribution < 1.29 is 14.3 Å². The molecule has 0 aliphatic carbocycles. The summed E-state index contributed by atoms with van der Waals surface area (Å²) in [5, 5.41) is 0. The van der Waals surface area contributed by atoms with Crippen molar-refractivity contribution in [2.45, 2.75) is 13.3 Å². The lowest BCUT2D eigenvalue weighted by atomic mass is 10.0. The number of para-hydroxylation sites is 1. The highest BCUT2D eigenvalue weighted by Gasteiger charge is 2.07. The zero-order valence-electron chi connectivity index (χ0n) is 12.3. The van der Waals surface area contributed by atoms with Crippen LogP contribution in [-0.2, 0) is 16.0 Å². The van der Waals surface area contributed by atoms with Crippen molar-refractivity contribution in [3.05, 3.63) is 65.7 Å². The standard InChI is InChI=1S/C17H18N2O3/c1-13(20)18-19-17(21)12-22-16-10-6-5-9-15(16)11-14-7-3-2-4-8-14/h2-10H,11-12H2,1H3,(H,18,20)(H,19,21). The zero-order chi connectivity index (χ0) is 15.8. The average molecular weight is 298 g/mol.